The van der Waals surface area contributed by atoms with Gasteiger partial charge in [0.05, 0.1) is 29.6 Å². The van der Waals surface area contributed by atoms with Gasteiger partial charge < -0.3 is 15.2 Å². The van der Waals surface area contributed by atoms with E-state index in [1.54, 1.807) is 18.3 Å². The molecule has 0 aliphatic carbocycles. The number of anilines is 2. The van der Waals surface area contributed by atoms with Crippen molar-refractivity contribution in [1.82, 2.24) is 9.97 Å². The zero-order chi connectivity index (χ0) is 13.8. The van der Waals surface area contributed by atoms with Crippen LogP contribution in [0.15, 0.2) is 30.6 Å². The molecule has 2 aromatic heterocycles. The second-order valence-corrected chi connectivity index (χ2v) is 3.98. The SMILES string of the molecule is COc1ccc(Nc2cc(C(=O)O)c(Cl)cn2)cn1. The van der Waals surface area contributed by atoms with Crippen LogP contribution in [0.3, 0.4) is 0 Å². The predicted molar refractivity (Wildman–Crippen MR) is 70.3 cm³/mol. The van der Waals surface area contributed by atoms with E-state index in [4.69, 9.17) is 21.4 Å². The van der Waals surface area contributed by atoms with Crippen LogP contribution in [0.25, 0.3) is 0 Å². The largest absolute Gasteiger partial charge is 0.481 e. The van der Waals surface area contributed by atoms with Crippen molar-refractivity contribution in [2.75, 3.05) is 12.4 Å². The fourth-order valence-corrected chi connectivity index (χ4v) is 1.58. The van der Waals surface area contributed by atoms with Crippen molar-refractivity contribution < 1.29 is 14.6 Å². The van der Waals surface area contributed by atoms with Crippen LogP contribution in [-0.2, 0) is 0 Å². The molecule has 2 heterocycles. The third-order valence-electron chi connectivity index (χ3n) is 2.30. The topological polar surface area (TPSA) is 84.3 Å². The molecule has 0 bridgehead atoms. The molecule has 0 unspecified atom stereocenters. The highest BCUT2D eigenvalue weighted by atomic mass is 35.5. The number of rotatable bonds is 4. The molecule has 0 aliphatic rings. The van der Waals surface area contributed by atoms with Gasteiger partial charge in [0.1, 0.15) is 5.82 Å². The molecule has 2 rings (SSSR count). The number of carbonyl (C=O) groups is 1. The standard InChI is InChI=1S/C12H10ClN3O3/c1-19-11-3-2-7(5-15-11)16-10-4-8(12(17)18)9(13)6-14-10/h2-6H,1H3,(H,14,16)(H,17,18). The number of carboxylic acid groups (broad SMARTS) is 1. The minimum Gasteiger partial charge on any atom is -0.481 e. The Labute approximate surface area is 114 Å². The third-order valence-corrected chi connectivity index (χ3v) is 2.60. The highest BCUT2D eigenvalue weighted by Crippen LogP contribution is 2.21. The fourth-order valence-electron chi connectivity index (χ4n) is 1.39. The molecule has 0 saturated carbocycles. The van der Waals surface area contributed by atoms with Gasteiger partial charge in [0.2, 0.25) is 5.88 Å². The second-order valence-electron chi connectivity index (χ2n) is 3.57. The van der Waals surface area contributed by atoms with Crippen LogP contribution in [0.4, 0.5) is 11.5 Å². The lowest BCUT2D eigenvalue weighted by atomic mass is 10.2. The zero-order valence-electron chi connectivity index (χ0n) is 9.92. The first-order chi connectivity index (χ1) is 9.10. The van der Waals surface area contributed by atoms with Gasteiger partial charge >= 0.3 is 5.97 Å². The van der Waals surface area contributed by atoms with Gasteiger partial charge in [-0.25, -0.2) is 14.8 Å². The van der Waals surface area contributed by atoms with Crippen LogP contribution < -0.4 is 10.1 Å². The number of hydrogen-bond donors (Lipinski definition) is 2. The van der Waals surface area contributed by atoms with E-state index in [1.807, 2.05) is 0 Å². The normalized spacial score (nSPS) is 10.0. The van der Waals surface area contributed by atoms with Crippen molar-refractivity contribution in [2.45, 2.75) is 0 Å². The van der Waals surface area contributed by atoms with E-state index in [2.05, 4.69) is 15.3 Å². The average molecular weight is 280 g/mol. The maximum absolute atomic E-state index is 10.9. The monoisotopic (exact) mass is 279 g/mol. The number of aromatic carboxylic acids is 1. The van der Waals surface area contributed by atoms with E-state index in [1.165, 1.54) is 19.4 Å². The van der Waals surface area contributed by atoms with Crippen molar-refractivity contribution in [3.8, 4) is 5.88 Å². The van der Waals surface area contributed by atoms with Crippen LogP contribution in [0.5, 0.6) is 5.88 Å². The Morgan fingerprint density at radius 2 is 2.16 bits per heavy atom. The lowest BCUT2D eigenvalue weighted by Crippen LogP contribution is -2.01. The average Bonchev–Trinajstić information content (AvgIpc) is 2.41. The van der Waals surface area contributed by atoms with E-state index >= 15 is 0 Å². The van der Waals surface area contributed by atoms with Gasteiger partial charge in [-0.3, -0.25) is 0 Å². The summed E-state index contributed by atoms with van der Waals surface area (Å²) >= 11 is 5.73. The molecule has 0 spiro atoms. The Hall–Kier alpha value is -2.34. The van der Waals surface area contributed by atoms with Gasteiger partial charge in [-0.15, -0.1) is 0 Å². The molecule has 2 N–H and O–H groups in total. The van der Waals surface area contributed by atoms with Gasteiger partial charge in [-0.05, 0) is 12.1 Å². The van der Waals surface area contributed by atoms with Crippen LogP contribution in [0.1, 0.15) is 10.4 Å². The molecule has 98 valence electrons. The minimum absolute atomic E-state index is 0.0133. The van der Waals surface area contributed by atoms with E-state index in [9.17, 15) is 4.79 Å². The molecule has 0 saturated heterocycles. The highest BCUT2D eigenvalue weighted by molar-refractivity contribution is 6.33. The molecular formula is C12H10ClN3O3. The number of nitrogens with one attached hydrogen (secondary N) is 1. The molecule has 0 aliphatic heterocycles. The smallest absolute Gasteiger partial charge is 0.337 e. The first-order valence-electron chi connectivity index (χ1n) is 5.26. The summed E-state index contributed by atoms with van der Waals surface area (Å²) in [5.74, 6) is -0.252. The molecule has 2 aromatic rings. The van der Waals surface area contributed by atoms with Gasteiger partial charge in [0, 0.05) is 12.3 Å². The summed E-state index contributed by atoms with van der Waals surface area (Å²) in [6.07, 6.45) is 2.83. The van der Waals surface area contributed by atoms with Crippen LogP contribution >= 0.6 is 11.6 Å². The van der Waals surface area contributed by atoms with Crippen molar-refractivity contribution in [3.05, 3.63) is 41.2 Å². The van der Waals surface area contributed by atoms with Gasteiger partial charge in [0.25, 0.3) is 0 Å². The molecule has 19 heavy (non-hydrogen) atoms. The summed E-state index contributed by atoms with van der Waals surface area (Å²) < 4.78 is 4.94. The number of carboxylic acids is 1. The van der Waals surface area contributed by atoms with Gasteiger partial charge in [0.15, 0.2) is 0 Å². The van der Waals surface area contributed by atoms with E-state index < -0.39 is 5.97 Å². The summed E-state index contributed by atoms with van der Waals surface area (Å²) in [4.78, 5) is 18.9. The Morgan fingerprint density at radius 1 is 1.37 bits per heavy atom. The van der Waals surface area contributed by atoms with Gasteiger partial charge in [-0.2, -0.15) is 0 Å². The third kappa shape index (κ3) is 3.11. The molecule has 0 fully saturated rings. The number of halogens is 1. The summed E-state index contributed by atoms with van der Waals surface area (Å²) in [5, 5.41) is 12.0. The lowest BCUT2D eigenvalue weighted by molar-refractivity contribution is 0.0697. The van der Waals surface area contributed by atoms with Crippen LogP contribution in [-0.4, -0.2) is 28.2 Å². The van der Waals surface area contributed by atoms with E-state index in [0.29, 0.717) is 17.4 Å². The Morgan fingerprint density at radius 3 is 2.74 bits per heavy atom. The van der Waals surface area contributed by atoms with Crippen molar-refractivity contribution >= 4 is 29.1 Å². The zero-order valence-corrected chi connectivity index (χ0v) is 10.7. The van der Waals surface area contributed by atoms with Gasteiger partial charge in [-0.1, -0.05) is 11.6 Å². The molecule has 0 amide bonds. The molecule has 6 nitrogen and oxygen atoms in total. The summed E-state index contributed by atoms with van der Waals surface area (Å²) in [5.41, 5.74) is 0.646. The maximum Gasteiger partial charge on any atom is 0.337 e. The predicted octanol–water partition coefficient (Wildman–Crippen LogP) is 2.58. The maximum atomic E-state index is 10.9. The first kappa shape index (κ1) is 13.1. The quantitative estimate of drug-likeness (QED) is 0.895. The number of methoxy groups -OCH3 is 1. The summed E-state index contributed by atoms with van der Waals surface area (Å²) in [7, 11) is 1.52. The van der Waals surface area contributed by atoms with Crippen LogP contribution in [0, 0.1) is 0 Å². The van der Waals surface area contributed by atoms with Crippen molar-refractivity contribution in [2.24, 2.45) is 0 Å². The minimum atomic E-state index is -1.11. The number of pyridine rings is 2. The number of aromatic nitrogens is 2. The Bertz CT molecular complexity index is 602. The van der Waals surface area contributed by atoms with Crippen molar-refractivity contribution in [1.29, 1.82) is 0 Å². The molecular weight excluding hydrogens is 270 g/mol. The van der Waals surface area contributed by atoms with E-state index in [-0.39, 0.29) is 10.6 Å². The summed E-state index contributed by atoms with van der Waals surface area (Å²) in [6.45, 7) is 0. The molecule has 0 aromatic carbocycles. The number of hydrogen-bond acceptors (Lipinski definition) is 5. The Balaban J connectivity index is 2.22. The second kappa shape index (κ2) is 5.53. The lowest BCUT2D eigenvalue weighted by Gasteiger charge is -2.07. The fraction of sp³-hybridized carbons (Fsp3) is 0.0833. The van der Waals surface area contributed by atoms with Crippen molar-refractivity contribution in [3.63, 3.8) is 0 Å². The van der Waals surface area contributed by atoms with E-state index in [0.717, 1.165) is 0 Å². The highest BCUT2D eigenvalue weighted by Gasteiger charge is 2.10. The molecule has 0 radical (unpaired) electrons. The Kier molecular flexibility index (Phi) is 3.82. The number of nitrogens with zero attached hydrogens (tertiary/aromatic N) is 2. The number of ether oxygens (including phenoxy) is 1. The molecule has 0 atom stereocenters. The molecule has 7 heteroatoms. The first-order valence-corrected chi connectivity index (χ1v) is 5.64. The van der Waals surface area contributed by atoms with Crippen LogP contribution in [0.2, 0.25) is 5.02 Å². The summed E-state index contributed by atoms with van der Waals surface area (Å²) in [6, 6.07) is 4.77.